The first-order valence-electron chi connectivity index (χ1n) is 8.28. The second kappa shape index (κ2) is 4.72. The summed E-state index contributed by atoms with van der Waals surface area (Å²) in [7, 11) is 0. The molecule has 0 radical (unpaired) electrons. The Labute approximate surface area is 134 Å². The lowest BCUT2D eigenvalue weighted by atomic mass is 9.84. The van der Waals surface area contributed by atoms with Gasteiger partial charge in [0.15, 0.2) is 0 Å². The van der Waals surface area contributed by atoms with Gasteiger partial charge in [-0.25, -0.2) is 0 Å². The Balaban J connectivity index is 1.78. The first-order valence-corrected chi connectivity index (χ1v) is 8.28. The molecule has 2 aliphatic rings. The Kier molecular flexibility index (Phi) is 2.66. The Bertz CT molecular complexity index is 896. The van der Waals surface area contributed by atoms with Crippen LogP contribution in [0.1, 0.15) is 41.6 Å². The fourth-order valence-electron chi connectivity index (χ4n) is 4.33. The molecular formula is C20H18N2O. The zero-order chi connectivity index (χ0) is 15.4. The van der Waals surface area contributed by atoms with E-state index in [1.165, 1.54) is 27.7 Å². The highest BCUT2D eigenvalue weighted by Gasteiger charge is 2.42. The van der Waals surface area contributed by atoms with Gasteiger partial charge in [0.2, 0.25) is 5.91 Å². The van der Waals surface area contributed by atoms with E-state index in [0.29, 0.717) is 12.3 Å². The van der Waals surface area contributed by atoms with Crippen LogP contribution in [-0.2, 0) is 4.79 Å². The summed E-state index contributed by atoms with van der Waals surface area (Å²) in [4.78, 5) is 18.0. The molecule has 0 bridgehead atoms. The van der Waals surface area contributed by atoms with Crippen molar-refractivity contribution in [2.24, 2.45) is 0 Å². The lowest BCUT2D eigenvalue weighted by molar-refractivity contribution is -0.129. The average Bonchev–Trinajstić information content (AvgIpc) is 3.16. The van der Waals surface area contributed by atoms with Crippen molar-refractivity contribution in [3.8, 4) is 0 Å². The molecule has 3 nitrogen and oxygen atoms in total. The number of hydrogen-bond acceptors (Lipinski definition) is 1. The molecule has 3 aromatic rings. The quantitative estimate of drug-likeness (QED) is 0.725. The third-order valence-electron chi connectivity index (χ3n) is 5.37. The molecule has 2 atom stereocenters. The molecule has 0 saturated carbocycles. The Hall–Kier alpha value is -2.55. The van der Waals surface area contributed by atoms with Gasteiger partial charge in [0, 0.05) is 35.5 Å². The summed E-state index contributed by atoms with van der Waals surface area (Å²) in [6, 6.07) is 19.3. The Morgan fingerprint density at radius 1 is 1.00 bits per heavy atom. The van der Waals surface area contributed by atoms with Crippen LogP contribution in [0.15, 0.2) is 54.6 Å². The third-order valence-corrected chi connectivity index (χ3v) is 5.37. The molecule has 1 saturated heterocycles. The number of aromatic nitrogens is 1. The van der Waals surface area contributed by atoms with Crippen LogP contribution in [0.5, 0.6) is 0 Å². The zero-order valence-electron chi connectivity index (χ0n) is 12.8. The maximum Gasteiger partial charge on any atom is 0.223 e. The van der Waals surface area contributed by atoms with Crippen molar-refractivity contribution in [3.05, 3.63) is 71.4 Å². The third kappa shape index (κ3) is 1.79. The number of carbonyl (C=O) groups is 1. The molecule has 2 aromatic carbocycles. The summed E-state index contributed by atoms with van der Waals surface area (Å²) >= 11 is 0. The number of H-pyrrole nitrogens is 1. The van der Waals surface area contributed by atoms with Crippen LogP contribution in [0, 0.1) is 0 Å². The molecule has 3 heterocycles. The summed E-state index contributed by atoms with van der Waals surface area (Å²) in [6.45, 7) is 0.794. The molecule has 23 heavy (non-hydrogen) atoms. The number of fused-ring (bicyclic) bond motifs is 5. The van der Waals surface area contributed by atoms with E-state index in [9.17, 15) is 4.79 Å². The van der Waals surface area contributed by atoms with Crippen molar-refractivity contribution < 1.29 is 4.79 Å². The molecule has 0 aliphatic carbocycles. The van der Waals surface area contributed by atoms with Crippen molar-refractivity contribution >= 4 is 16.8 Å². The fourth-order valence-corrected chi connectivity index (χ4v) is 4.33. The first kappa shape index (κ1) is 12.9. The van der Waals surface area contributed by atoms with Gasteiger partial charge in [0.1, 0.15) is 0 Å². The van der Waals surface area contributed by atoms with Gasteiger partial charge in [-0.3, -0.25) is 4.79 Å². The topological polar surface area (TPSA) is 36.1 Å². The maximum absolute atomic E-state index is 12.3. The molecule has 1 amide bonds. The van der Waals surface area contributed by atoms with E-state index in [4.69, 9.17) is 0 Å². The van der Waals surface area contributed by atoms with Gasteiger partial charge < -0.3 is 9.88 Å². The molecule has 1 N–H and O–H groups in total. The minimum atomic E-state index is 0.227. The summed E-state index contributed by atoms with van der Waals surface area (Å²) < 4.78 is 0. The molecule has 2 unspecified atom stereocenters. The van der Waals surface area contributed by atoms with Gasteiger partial charge in [-0.05, 0) is 23.6 Å². The normalized spacial score (nSPS) is 23.1. The zero-order valence-corrected chi connectivity index (χ0v) is 12.8. The van der Waals surface area contributed by atoms with Gasteiger partial charge >= 0.3 is 0 Å². The molecule has 2 aliphatic heterocycles. The lowest BCUT2D eigenvalue weighted by Crippen LogP contribution is -2.37. The molecule has 5 rings (SSSR count). The van der Waals surface area contributed by atoms with Gasteiger partial charge in [-0.15, -0.1) is 0 Å². The molecule has 114 valence electrons. The highest BCUT2D eigenvalue weighted by atomic mass is 16.2. The van der Waals surface area contributed by atoms with E-state index in [0.717, 1.165) is 13.0 Å². The fraction of sp³-hybridized carbons (Fsp3) is 0.250. The second-order valence-electron chi connectivity index (χ2n) is 6.56. The number of hydrogen-bond donors (Lipinski definition) is 1. The monoisotopic (exact) mass is 302 g/mol. The number of rotatable bonds is 1. The second-order valence-corrected chi connectivity index (χ2v) is 6.56. The van der Waals surface area contributed by atoms with Crippen molar-refractivity contribution in [1.82, 2.24) is 9.88 Å². The predicted octanol–water partition coefficient (Wildman–Crippen LogP) is 3.98. The number of nitrogens with one attached hydrogen (secondary N) is 1. The van der Waals surface area contributed by atoms with Crippen LogP contribution >= 0.6 is 0 Å². The number of para-hydroxylation sites is 1. The SMILES string of the molecule is O=C1CCC2c3[nH]c4ccccc4c3C(c3ccccc3)CN12. The average molecular weight is 302 g/mol. The van der Waals surface area contributed by atoms with Gasteiger partial charge in [-0.2, -0.15) is 0 Å². The molecule has 0 spiro atoms. The standard InChI is InChI=1S/C20H18N2O/c23-18-11-10-17-20-19(14-8-4-5-9-16(14)21-20)15(12-22(17)18)13-6-2-1-3-7-13/h1-9,15,17,21H,10-12H2. The number of nitrogens with zero attached hydrogens (tertiary/aromatic N) is 1. The van der Waals surface area contributed by atoms with Crippen molar-refractivity contribution in [2.75, 3.05) is 6.54 Å². The van der Waals surface area contributed by atoms with Crippen LogP contribution in [-0.4, -0.2) is 22.3 Å². The molecule has 3 heteroatoms. The Morgan fingerprint density at radius 3 is 2.65 bits per heavy atom. The van der Waals surface area contributed by atoms with E-state index in [2.05, 4.69) is 58.4 Å². The van der Waals surface area contributed by atoms with E-state index in [1.807, 2.05) is 6.07 Å². The summed E-state index contributed by atoms with van der Waals surface area (Å²) in [6.07, 6.45) is 1.60. The summed E-state index contributed by atoms with van der Waals surface area (Å²) in [5, 5.41) is 1.30. The van der Waals surface area contributed by atoms with Crippen LogP contribution in [0.25, 0.3) is 10.9 Å². The van der Waals surface area contributed by atoms with Crippen molar-refractivity contribution in [3.63, 3.8) is 0 Å². The first-order chi connectivity index (χ1) is 11.3. The number of benzene rings is 2. The van der Waals surface area contributed by atoms with Crippen molar-refractivity contribution in [2.45, 2.75) is 24.8 Å². The number of amides is 1. The smallest absolute Gasteiger partial charge is 0.223 e. The van der Waals surface area contributed by atoms with Gasteiger partial charge in [0.05, 0.1) is 6.04 Å². The maximum atomic E-state index is 12.3. The van der Waals surface area contributed by atoms with Crippen LogP contribution in [0.3, 0.4) is 0 Å². The van der Waals surface area contributed by atoms with Crippen molar-refractivity contribution in [1.29, 1.82) is 0 Å². The number of aromatic amines is 1. The summed E-state index contributed by atoms with van der Waals surface area (Å²) in [5.41, 5.74) is 5.11. The molecular weight excluding hydrogens is 284 g/mol. The number of carbonyl (C=O) groups excluding carboxylic acids is 1. The highest BCUT2D eigenvalue weighted by molar-refractivity contribution is 5.88. The van der Waals surface area contributed by atoms with Crippen LogP contribution in [0.4, 0.5) is 0 Å². The van der Waals surface area contributed by atoms with Gasteiger partial charge in [-0.1, -0.05) is 48.5 Å². The van der Waals surface area contributed by atoms with E-state index >= 15 is 0 Å². The van der Waals surface area contributed by atoms with Crippen LogP contribution < -0.4 is 0 Å². The van der Waals surface area contributed by atoms with E-state index in [1.54, 1.807) is 0 Å². The Morgan fingerprint density at radius 2 is 1.78 bits per heavy atom. The minimum absolute atomic E-state index is 0.227. The predicted molar refractivity (Wildman–Crippen MR) is 90.3 cm³/mol. The minimum Gasteiger partial charge on any atom is -0.356 e. The largest absolute Gasteiger partial charge is 0.356 e. The van der Waals surface area contributed by atoms with E-state index in [-0.39, 0.29) is 12.0 Å². The summed E-state index contributed by atoms with van der Waals surface area (Å²) in [5.74, 6) is 0.542. The lowest BCUT2D eigenvalue weighted by Gasteiger charge is -2.35. The van der Waals surface area contributed by atoms with Gasteiger partial charge in [0.25, 0.3) is 0 Å². The molecule has 1 fully saturated rings. The van der Waals surface area contributed by atoms with Crippen LogP contribution in [0.2, 0.25) is 0 Å². The highest BCUT2D eigenvalue weighted by Crippen LogP contribution is 2.47. The van der Waals surface area contributed by atoms with E-state index < -0.39 is 0 Å². The molecule has 1 aromatic heterocycles.